The van der Waals surface area contributed by atoms with E-state index in [4.69, 9.17) is 4.74 Å². The molecule has 0 saturated carbocycles. The van der Waals surface area contributed by atoms with Crippen molar-refractivity contribution in [1.82, 2.24) is 4.98 Å². The maximum Gasteiger partial charge on any atom is 0.339 e. The van der Waals surface area contributed by atoms with Crippen LogP contribution in [0.5, 0.6) is 0 Å². The van der Waals surface area contributed by atoms with Crippen LogP contribution >= 0.6 is 0 Å². The molecule has 1 aromatic heterocycles. The fourth-order valence-electron chi connectivity index (χ4n) is 2.47. The number of carbonyl (C=O) groups is 1. The molecule has 0 aromatic carbocycles. The third-order valence-corrected chi connectivity index (χ3v) is 3.48. The van der Waals surface area contributed by atoms with Crippen LogP contribution in [0.4, 0.5) is 5.82 Å². The number of aryl methyl sites for hydroxylation is 1. The Hall–Kier alpha value is -1.62. The number of carbonyl (C=O) groups excluding carboxylic acids is 1. The molecule has 0 radical (unpaired) electrons. The molecule has 104 valence electrons. The van der Waals surface area contributed by atoms with Gasteiger partial charge >= 0.3 is 5.97 Å². The highest BCUT2D eigenvalue weighted by molar-refractivity contribution is 5.90. The normalized spacial score (nSPS) is 23.3. The summed E-state index contributed by atoms with van der Waals surface area (Å²) in [5.41, 5.74) is 0.457. The summed E-state index contributed by atoms with van der Waals surface area (Å²) in [6.07, 6.45) is 1.75. The molecular weight excluding hydrogens is 244 g/mol. The van der Waals surface area contributed by atoms with Crippen LogP contribution < -0.4 is 4.90 Å². The lowest BCUT2D eigenvalue weighted by Gasteiger charge is -2.37. The Bertz CT molecular complexity index is 486. The Morgan fingerprint density at radius 2 is 2.26 bits per heavy atom. The van der Waals surface area contributed by atoms with Crippen molar-refractivity contribution < 1.29 is 14.6 Å². The second-order valence-corrected chi connectivity index (χ2v) is 5.32. The molecule has 0 amide bonds. The third-order valence-electron chi connectivity index (χ3n) is 3.48. The number of esters is 1. The average molecular weight is 264 g/mol. The number of hydrogen-bond donors (Lipinski definition) is 1. The molecule has 1 saturated heterocycles. The molecule has 1 aliphatic heterocycles. The number of anilines is 1. The number of aliphatic hydroxyl groups is 1. The van der Waals surface area contributed by atoms with Crippen molar-refractivity contribution in [2.45, 2.75) is 32.3 Å². The van der Waals surface area contributed by atoms with Crippen LogP contribution in [0, 0.1) is 6.92 Å². The summed E-state index contributed by atoms with van der Waals surface area (Å²) in [4.78, 5) is 18.0. The predicted octanol–water partition coefficient (Wildman–Crippen LogP) is 1.53. The maximum atomic E-state index is 11.5. The average Bonchev–Trinajstić information content (AvgIpc) is 2.36. The monoisotopic (exact) mass is 264 g/mol. The van der Waals surface area contributed by atoms with E-state index in [2.05, 4.69) is 9.88 Å². The molecule has 19 heavy (non-hydrogen) atoms. The van der Waals surface area contributed by atoms with Gasteiger partial charge in [0.1, 0.15) is 5.82 Å². The zero-order valence-electron chi connectivity index (χ0n) is 11.6. The minimum Gasteiger partial charge on any atom is -0.465 e. The fraction of sp³-hybridized carbons (Fsp3) is 0.571. The van der Waals surface area contributed by atoms with Gasteiger partial charge in [0, 0.05) is 13.1 Å². The first kappa shape index (κ1) is 13.8. The van der Waals surface area contributed by atoms with Gasteiger partial charge in [0.15, 0.2) is 0 Å². The molecule has 1 fully saturated rings. The maximum absolute atomic E-state index is 11.5. The van der Waals surface area contributed by atoms with Gasteiger partial charge in [-0.2, -0.15) is 0 Å². The minimum atomic E-state index is -0.672. The molecule has 1 atom stereocenters. The van der Waals surface area contributed by atoms with E-state index in [1.807, 2.05) is 6.92 Å². The number of rotatable bonds is 2. The van der Waals surface area contributed by atoms with Crippen LogP contribution in [0.1, 0.15) is 35.8 Å². The lowest BCUT2D eigenvalue weighted by Crippen LogP contribution is -2.46. The topological polar surface area (TPSA) is 62.7 Å². The van der Waals surface area contributed by atoms with Gasteiger partial charge in [0.05, 0.1) is 24.0 Å². The van der Waals surface area contributed by atoms with Crippen LogP contribution in [-0.4, -0.2) is 41.9 Å². The van der Waals surface area contributed by atoms with Gasteiger partial charge in [-0.05, 0) is 38.8 Å². The molecule has 1 aliphatic rings. The number of β-amino-alcohol motifs (C(OH)–C–C–N with tert-alkyl or cyclic N) is 1. The van der Waals surface area contributed by atoms with Crippen LogP contribution in [-0.2, 0) is 4.74 Å². The summed E-state index contributed by atoms with van der Waals surface area (Å²) >= 11 is 0. The number of ether oxygens (including phenoxy) is 1. The van der Waals surface area contributed by atoms with E-state index in [1.165, 1.54) is 7.11 Å². The SMILES string of the molecule is COC(=O)c1ccc(N2CCCC(C)(O)C2)nc1C. The van der Waals surface area contributed by atoms with E-state index >= 15 is 0 Å². The van der Waals surface area contributed by atoms with Gasteiger partial charge in [-0.3, -0.25) is 0 Å². The van der Waals surface area contributed by atoms with Crippen molar-refractivity contribution in [3.63, 3.8) is 0 Å². The lowest BCUT2D eigenvalue weighted by molar-refractivity contribution is 0.0446. The molecule has 2 heterocycles. The highest BCUT2D eigenvalue weighted by Crippen LogP contribution is 2.25. The number of nitrogens with zero attached hydrogens (tertiary/aromatic N) is 2. The van der Waals surface area contributed by atoms with E-state index in [9.17, 15) is 9.90 Å². The number of piperidine rings is 1. The first-order valence-electron chi connectivity index (χ1n) is 6.46. The summed E-state index contributed by atoms with van der Waals surface area (Å²) in [5.74, 6) is 0.423. The summed E-state index contributed by atoms with van der Waals surface area (Å²) in [5, 5.41) is 10.1. The Morgan fingerprint density at radius 1 is 1.53 bits per heavy atom. The second kappa shape index (κ2) is 5.17. The molecule has 0 spiro atoms. The predicted molar refractivity (Wildman–Crippen MR) is 72.4 cm³/mol. The Balaban J connectivity index is 2.22. The molecule has 1 aromatic rings. The van der Waals surface area contributed by atoms with Crippen molar-refractivity contribution >= 4 is 11.8 Å². The number of methoxy groups -OCH3 is 1. The molecule has 2 rings (SSSR count). The molecule has 1 unspecified atom stereocenters. The number of hydrogen-bond acceptors (Lipinski definition) is 5. The minimum absolute atomic E-state index is 0.373. The zero-order chi connectivity index (χ0) is 14.0. The summed E-state index contributed by atoms with van der Waals surface area (Å²) < 4.78 is 4.70. The first-order chi connectivity index (χ1) is 8.93. The van der Waals surface area contributed by atoms with Crippen LogP contribution in [0.15, 0.2) is 12.1 Å². The second-order valence-electron chi connectivity index (χ2n) is 5.32. The van der Waals surface area contributed by atoms with E-state index < -0.39 is 5.60 Å². The van der Waals surface area contributed by atoms with Crippen molar-refractivity contribution in [3.05, 3.63) is 23.4 Å². The highest BCUT2D eigenvalue weighted by Gasteiger charge is 2.29. The largest absolute Gasteiger partial charge is 0.465 e. The van der Waals surface area contributed by atoms with E-state index in [-0.39, 0.29) is 5.97 Å². The van der Waals surface area contributed by atoms with Gasteiger partial charge in [0.25, 0.3) is 0 Å². The third kappa shape index (κ3) is 3.04. The standard InChI is InChI=1S/C14H20N2O3/c1-10-11(13(17)19-3)5-6-12(15-10)16-8-4-7-14(2,18)9-16/h5-6,18H,4,7-9H2,1-3H3. The number of pyridine rings is 1. The molecule has 5 heteroatoms. The van der Waals surface area contributed by atoms with Gasteiger partial charge in [-0.15, -0.1) is 0 Å². The number of aromatic nitrogens is 1. The first-order valence-corrected chi connectivity index (χ1v) is 6.46. The van der Waals surface area contributed by atoms with Crippen LogP contribution in [0.25, 0.3) is 0 Å². The van der Waals surface area contributed by atoms with Gasteiger partial charge in [-0.25, -0.2) is 9.78 Å². The summed E-state index contributed by atoms with van der Waals surface area (Å²) in [6, 6.07) is 3.54. The van der Waals surface area contributed by atoms with Crippen molar-refractivity contribution in [1.29, 1.82) is 0 Å². The van der Waals surface area contributed by atoms with Gasteiger partial charge < -0.3 is 14.7 Å². The molecule has 0 bridgehead atoms. The quantitative estimate of drug-likeness (QED) is 0.821. The zero-order valence-corrected chi connectivity index (χ0v) is 11.6. The molecule has 0 aliphatic carbocycles. The van der Waals surface area contributed by atoms with Crippen LogP contribution in [0.2, 0.25) is 0 Å². The summed E-state index contributed by atoms with van der Waals surface area (Å²) in [6.45, 7) is 5.07. The van der Waals surface area contributed by atoms with Gasteiger partial charge in [0.2, 0.25) is 0 Å². The van der Waals surface area contributed by atoms with Crippen molar-refractivity contribution in [3.8, 4) is 0 Å². The lowest BCUT2D eigenvalue weighted by atomic mass is 9.95. The highest BCUT2D eigenvalue weighted by atomic mass is 16.5. The molecule has 1 N–H and O–H groups in total. The van der Waals surface area contributed by atoms with E-state index in [1.54, 1.807) is 19.1 Å². The molecule has 5 nitrogen and oxygen atoms in total. The van der Waals surface area contributed by atoms with E-state index in [0.29, 0.717) is 17.8 Å². The van der Waals surface area contributed by atoms with Crippen molar-refractivity contribution in [2.24, 2.45) is 0 Å². The van der Waals surface area contributed by atoms with Gasteiger partial charge in [-0.1, -0.05) is 0 Å². The van der Waals surface area contributed by atoms with Crippen LogP contribution in [0.3, 0.4) is 0 Å². The fourth-order valence-corrected chi connectivity index (χ4v) is 2.47. The Labute approximate surface area is 113 Å². The molecular formula is C14H20N2O3. The Kier molecular flexibility index (Phi) is 3.75. The summed E-state index contributed by atoms with van der Waals surface area (Å²) in [7, 11) is 1.36. The van der Waals surface area contributed by atoms with E-state index in [0.717, 1.165) is 25.2 Å². The Morgan fingerprint density at radius 3 is 2.84 bits per heavy atom. The van der Waals surface area contributed by atoms with Crippen molar-refractivity contribution in [2.75, 3.05) is 25.1 Å². The smallest absolute Gasteiger partial charge is 0.339 e.